The van der Waals surface area contributed by atoms with Crippen molar-refractivity contribution in [1.82, 2.24) is 15.2 Å². The maximum atomic E-state index is 11.4. The quantitative estimate of drug-likeness (QED) is 0.786. The van der Waals surface area contributed by atoms with Gasteiger partial charge in [-0.15, -0.1) is 11.3 Å². The average Bonchev–Trinajstić information content (AvgIpc) is 2.84. The number of hydrogen-bond acceptors (Lipinski definition) is 5. The van der Waals surface area contributed by atoms with Gasteiger partial charge in [-0.25, -0.2) is 9.78 Å². The smallest absolute Gasteiger partial charge is 0.348 e. The lowest BCUT2D eigenvalue weighted by atomic mass is 10.2. The van der Waals surface area contributed by atoms with E-state index in [1.54, 1.807) is 13.0 Å². The average molecular weight is 223 g/mol. The van der Waals surface area contributed by atoms with Crippen molar-refractivity contribution in [2.45, 2.75) is 6.92 Å². The van der Waals surface area contributed by atoms with E-state index in [4.69, 9.17) is 0 Å². The van der Waals surface area contributed by atoms with Crippen LogP contribution in [0.15, 0.2) is 11.4 Å². The number of nitrogens with zero attached hydrogens (tertiary/aromatic N) is 2. The summed E-state index contributed by atoms with van der Waals surface area (Å²) in [6.45, 7) is 1.81. The number of rotatable bonds is 2. The van der Waals surface area contributed by atoms with Crippen molar-refractivity contribution < 1.29 is 9.53 Å². The summed E-state index contributed by atoms with van der Waals surface area (Å²) in [5, 5.41) is 8.54. The molecule has 15 heavy (non-hydrogen) atoms. The Bertz CT molecular complexity index is 489. The molecule has 0 aliphatic heterocycles. The zero-order valence-corrected chi connectivity index (χ0v) is 9.09. The molecule has 2 heterocycles. The van der Waals surface area contributed by atoms with Gasteiger partial charge in [0.25, 0.3) is 0 Å². The Kier molecular flexibility index (Phi) is 2.51. The molecule has 0 radical (unpaired) electrons. The number of H-pyrrole nitrogens is 1. The fourth-order valence-corrected chi connectivity index (χ4v) is 2.01. The summed E-state index contributed by atoms with van der Waals surface area (Å²) in [6, 6.07) is 1.81. The van der Waals surface area contributed by atoms with Gasteiger partial charge in [-0.1, -0.05) is 0 Å². The molecular weight excluding hydrogens is 214 g/mol. The zero-order valence-electron chi connectivity index (χ0n) is 8.27. The largest absolute Gasteiger partial charge is 0.465 e. The van der Waals surface area contributed by atoms with Gasteiger partial charge in [-0.2, -0.15) is 5.10 Å². The molecule has 2 rings (SSSR count). The van der Waals surface area contributed by atoms with Crippen LogP contribution in [-0.2, 0) is 4.74 Å². The van der Waals surface area contributed by atoms with Gasteiger partial charge in [0.15, 0.2) is 5.82 Å². The van der Waals surface area contributed by atoms with Crippen LogP contribution in [0.3, 0.4) is 0 Å². The van der Waals surface area contributed by atoms with Crippen molar-refractivity contribution in [3.8, 4) is 11.4 Å². The fourth-order valence-electron chi connectivity index (χ4n) is 1.20. The van der Waals surface area contributed by atoms with Crippen LogP contribution in [0, 0.1) is 6.92 Å². The summed E-state index contributed by atoms with van der Waals surface area (Å²) in [6.07, 6.45) is 0. The van der Waals surface area contributed by atoms with E-state index >= 15 is 0 Å². The van der Waals surface area contributed by atoms with Gasteiger partial charge in [0.1, 0.15) is 10.7 Å². The van der Waals surface area contributed by atoms with E-state index in [0.29, 0.717) is 22.1 Å². The Hall–Kier alpha value is -1.69. The van der Waals surface area contributed by atoms with E-state index in [1.807, 2.05) is 5.38 Å². The first kappa shape index (κ1) is 9.85. The number of aromatic nitrogens is 3. The molecule has 0 aliphatic carbocycles. The highest BCUT2D eigenvalue weighted by molar-refractivity contribution is 7.12. The predicted molar refractivity (Wildman–Crippen MR) is 55.8 cm³/mol. The second-order valence-electron chi connectivity index (χ2n) is 2.90. The number of methoxy groups -OCH3 is 1. The molecule has 0 saturated carbocycles. The van der Waals surface area contributed by atoms with Gasteiger partial charge in [-0.05, 0) is 18.4 Å². The van der Waals surface area contributed by atoms with Crippen molar-refractivity contribution in [3.05, 3.63) is 22.1 Å². The van der Waals surface area contributed by atoms with Gasteiger partial charge >= 0.3 is 5.97 Å². The second kappa shape index (κ2) is 3.82. The molecule has 1 N–H and O–H groups in total. The molecule has 0 unspecified atom stereocenters. The molecule has 0 fully saturated rings. The molecule has 0 spiro atoms. The fraction of sp³-hybridized carbons (Fsp3) is 0.222. The number of esters is 1. The van der Waals surface area contributed by atoms with Crippen molar-refractivity contribution in [2.24, 2.45) is 0 Å². The lowest BCUT2D eigenvalue weighted by molar-refractivity contribution is 0.0607. The highest BCUT2D eigenvalue weighted by Crippen LogP contribution is 2.26. The summed E-state index contributed by atoms with van der Waals surface area (Å²) in [5.41, 5.74) is 0.705. The van der Waals surface area contributed by atoms with Crippen LogP contribution in [0.1, 0.15) is 15.5 Å². The van der Waals surface area contributed by atoms with E-state index in [9.17, 15) is 4.79 Å². The molecule has 0 amide bonds. The third kappa shape index (κ3) is 1.75. The first-order valence-corrected chi connectivity index (χ1v) is 5.15. The summed E-state index contributed by atoms with van der Waals surface area (Å²) >= 11 is 1.32. The van der Waals surface area contributed by atoms with E-state index in [2.05, 4.69) is 19.9 Å². The number of aromatic amines is 1. The lowest BCUT2D eigenvalue weighted by Crippen LogP contribution is -2.00. The first-order chi connectivity index (χ1) is 7.22. The molecule has 0 aliphatic rings. The molecular formula is C9H9N3O2S. The van der Waals surface area contributed by atoms with Crippen LogP contribution >= 0.6 is 11.3 Å². The van der Waals surface area contributed by atoms with Crippen LogP contribution in [-0.4, -0.2) is 28.3 Å². The SMILES string of the molecule is COC(=O)c1sccc1-c1n[nH]c(C)n1. The molecule has 0 aromatic carbocycles. The topological polar surface area (TPSA) is 67.9 Å². The lowest BCUT2D eigenvalue weighted by Gasteiger charge is -1.97. The van der Waals surface area contributed by atoms with Crippen LogP contribution in [0.4, 0.5) is 0 Å². The van der Waals surface area contributed by atoms with Gasteiger partial charge in [-0.3, -0.25) is 5.10 Å². The number of hydrogen-bond donors (Lipinski definition) is 1. The van der Waals surface area contributed by atoms with Crippen molar-refractivity contribution in [1.29, 1.82) is 0 Å². The predicted octanol–water partition coefficient (Wildman–Crippen LogP) is 1.63. The normalized spacial score (nSPS) is 10.3. The molecule has 0 atom stereocenters. The molecule has 78 valence electrons. The Morgan fingerprint density at radius 3 is 3.00 bits per heavy atom. The Labute approximate surface area is 90.1 Å². The zero-order chi connectivity index (χ0) is 10.8. The summed E-state index contributed by atoms with van der Waals surface area (Å²) in [4.78, 5) is 16.1. The molecule has 0 saturated heterocycles. The highest BCUT2D eigenvalue weighted by atomic mass is 32.1. The maximum Gasteiger partial charge on any atom is 0.348 e. The van der Waals surface area contributed by atoms with Crippen LogP contribution in [0.2, 0.25) is 0 Å². The standard InChI is InChI=1S/C9H9N3O2S/c1-5-10-8(12-11-5)6-3-4-15-7(6)9(13)14-2/h3-4H,1-2H3,(H,10,11,12). The number of thiophene rings is 1. The van der Waals surface area contributed by atoms with Gasteiger partial charge in [0.05, 0.1) is 7.11 Å². The Balaban J connectivity index is 2.45. The Morgan fingerprint density at radius 1 is 1.60 bits per heavy atom. The van der Waals surface area contributed by atoms with E-state index in [-0.39, 0.29) is 5.97 Å². The highest BCUT2D eigenvalue weighted by Gasteiger charge is 2.17. The molecule has 0 bridgehead atoms. The minimum Gasteiger partial charge on any atom is -0.465 e. The molecule has 6 heteroatoms. The number of carbonyl (C=O) groups is 1. The second-order valence-corrected chi connectivity index (χ2v) is 3.82. The third-order valence-electron chi connectivity index (χ3n) is 1.87. The molecule has 2 aromatic rings. The van der Waals surface area contributed by atoms with E-state index in [1.165, 1.54) is 18.4 Å². The number of ether oxygens (including phenoxy) is 1. The number of nitrogens with one attached hydrogen (secondary N) is 1. The van der Waals surface area contributed by atoms with Gasteiger partial charge in [0, 0.05) is 5.56 Å². The summed E-state index contributed by atoms with van der Waals surface area (Å²) in [7, 11) is 1.36. The van der Waals surface area contributed by atoms with Gasteiger partial charge < -0.3 is 4.74 Å². The van der Waals surface area contributed by atoms with Crippen LogP contribution in [0.5, 0.6) is 0 Å². The Morgan fingerprint density at radius 2 is 2.40 bits per heavy atom. The van der Waals surface area contributed by atoms with E-state index < -0.39 is 0 Å². The van der Waals surface area contributed by atoms with Crippen molar-refractivity contribution >= 4 is 17.3 Å². The minimum atomic E-state index is -0.359. The van der Waals surface area contributed by atoms with E-state index in [0.717, 1.165) is 0 Å². The summed E-state index contributed by atoms with van der Waals surface area (Å²) in [5.74, 6) is 0.878. The maximum absolute atomic E-state index is 11.4. The third-order valence-corrected chi connectivity index (χ3v) is 2.77. The first-order valence-electron chi connectivity index (χ1n) is 4.27. The van der Waals surface area contributed by atoms with Crippen LogP contribution < -0.4 is 0 Å². The monoisotopic (exact) mass is 223 g/mol. The molecule has 2 aromatic heterocycles. The van der Waals surface area contributed by atoms with Gasteiger partial charge in [0.2, 0.25) is 0 Å². The number of carbonyl (C=O) groups excluding carboxylic acids is 1. The molecule has 5 nitrogen and oxygen atoms in total. The van der Waals surface area contributed by atoms with Crippen molar-refractivity contribution in [2.75, 3.05) is 7.11 Å². The summed E-state index contributed by atoms with van der Waals surface area (Å²) < 4.78 is 4.67. The minimum absolute atomic E-state index is 0.359. The van der Waals surface area contributed by atoms with Crippen molar-refractivity contribution in [3.63, 3.8) is 0 Å². The van der Waals surface area contributed by atoms with Crippen LogP contribution in [0.25, 0.3) is 11.4 Å². The number of aryl methyl sites for hydroxylation is 1.